The lowest BCUT2D eigenvalue weighted by Gasteiger charge is -2.09. The zero-order chi connectivity index (χ0) is 15.2. The van der Waals surface area contributed by atoms with Crippen molar-refractivity contribution in [3.05, 3.63) is 59.4 Å². The Morgan fingerprint density at radius 1 is 1.24 bits per heavy atom. The molecule has 1 amide bonds. The predicted molar refractivity (Wildman–Crippen MR) is 74.4 cm³/mol. The summed E-state index contributed by atoms with van der Waals surface area (Å²) >= 11 is 0. The molecule has 0 aliphatic heterocycles. The summed E-state index contributed by atoms with van der Waals surface area (Å²) in [5.41, 5.74) is 3.59. The molecule has 0 saturated carbocycles. The van der Waals surface area contributed by atoms with Crippen LogP contribution in [0.5, 0.6) is 0 Å². The van der Waals surface area contributed by atoms with Gasteiger partial charge in [-0.2, -0.15) is 0 Å². The number of hydrogen-bond donors (Lipinski definition) is 3. The number of carbonyl (C=O) groups is 1. The molecule has 110 valence electrons. The van der Waals surface area contributed by atoms with Crippen molar-refractivity contribution in [1.29, 1.82) is 0 Å². The number of rotatable bonds is 5. The normalized spacial score (nSPS) is 10.2. The Labute approximate surface area is 120 Å². The first kappa shape index (κ1) is 14.9. The van der Waals surface area contributed by atoms with Crippen LogP contribution in [-0.4, -0.2) is 17.4 Å². The summed E-state index contributed by atoms with van der Waals surface area (Å²) in [6, 6.07) is 4.79. The summed E-state index contributed by atoms with van der Waals surface area (Å²) in [6.07, 6.45) is 3.21. The van der Waals surface area contributed by atoms with Crippen molar-refractivity contribution in [1.82, 2.24) is 10.3 Å². The van der Waals surface area contributed by atoms with Gasteiger partial charge in [0.25, 0.3) is 5.91 Å². The quantitative estimate of drug-likeness (QED) is 0.578. The third kappa shape index (κ3) is 3.96. The first-order chi connectivity index (χ1) is 10.1. The molecule has 1 heterocycles. The van der Waals surface area contributed by atoms with Crippen molar-refractivity contribution in [2.24, 2.45) is 5.84 Å². The van der Waals surface area contributed by atoms with Gasteiger partial charge in [-0.25, -0.2) is 8.78 Å². The van der Waals surface area contributed by atoms with Crippen LogP contribution >= 0.6 is 0 Å². The predicted octanol–water partition coefficient (Wildman–Crippen LogP) is 1.62. The number of benzene rings is 1. The number of carbonyl (C=O) groups excluding carboxylic acids is 1. The number of anilines is 1. The molecule has 1 aromatic carbocycles. The number of nitrogens with zero attached hydrogens (tertiary/aromatic N) is 1. The highest BCUT2D eigenvalue weighted by Gasteiger charge is 2.10. The van der Waals surface area contributed by atoms with Crippen LogP contribution in [0.2, 0.25) is 0 Å². The molecule has 0 radical (unpaired) electrons. The number of aromatic nitrogens is 1. The number of hydrazine groups is 1. The second-order valence-corrected chi connectivity index (χ2v) is 4.35. The molecule has 7 heteroatoms. The summed E-state index contributed by atoms with van der Waals surface area (Å²) in [4.78, 5) is 15.8. The molecule has 2 aromatic rings. The fraction of sp³-hybridized carbons (Fsp3) is 0.143. The molecule has 0 saturated heterocycles. The average Bonchev–Trinajstić information content (AvgIpc) is 2.46. The number of hydrogen-bond acceptors (Lipinski definition) is 4. The summed E-state index contributed by atoms with van der Waals surface area (Å²) in [5, 5.41) is 2.65. The van der Waals surface area contributed by atoms with E-state index in [2.05, 4.69) is 15.7 Å². The zero-order valence-electron chi connectivity index (χ0n) is 11.1. The van der Waals surface area contributed by atoms with E-state index in [1.807, 2.05) is 0 Å². The largest absolute Gasteiger partial charge is 0.352 e. The molecular weight excluding hydrogens is 278 g/mol. The highest BCUT2D eigenvalue weighted by molar-refractivity contribution is 5.99. The Balaban J connectivity index is 1.95. The minimum Gasteiger partial charge on any atom is -0.352 e. The lowest BCUT2D eigenvalue weighted by Crippen LogP contribution is -2.27. The number of halogens is 2. The minimum absolute atomic E-state index is 0.244. The Bertz CT molecular complexity index is 628. The zero-order valence-corrected chi connectivity index (χ0v) is 11.1. The molecule has 0 aliphatic rings. The maximum absolute atomic E-state index is 13.0. The second kappa shape index (κ2) is 6.76. The number of nitrogens with one attached hydrogen (secondary N) is 2. The molecule has 0 unspecified atom stereocenters. The first-order valence-corrected chi connectivity index (χ1v) is 6.24. The third-order valence-electron chi connectivity index (χ3n) is 2.84. The van der Waals surface area contributed by atoms with Gasteiger partial charge in [0.2, 0.25) is 0 Å². The molecule has 0 fully saturated rings. The fourth-order valence-electron chi connectivity index (χ4n) is 1.88. The van der Waals surface area contributed by atoms with Gasteiger partial charge in [0.15, 0.2) is 0 Å². The number of nitrogen functional groups attached to an aromatic ring is 1. The summed E-state index contributed by atoms with van der Waals surface area (Å²) in [6.45, 7) is 0.244. The first-order valence-electron chi connectivity index (χ1n) is 6.24. The van der Waals surface area contributed by atoms with E-state index in [0.29, 0.717) is 23.2 Å². The second-order valence-electron chi connectivity index (χ2n) is 4.35. The molecule has 0 spiro atoms. The van der Waals surface area contributed by atoms with Crippen LogP contribution in [0.25, 0.3) is 0 Å². The van der Waals surface area contributed by atoms with Gasteiger partial charge in [0.05, 0.1) is 17.4 Å². The van der Waals surface area contributed by atoms with Crippen molar-refractivity contribution in [2.75, 3.05) is 12.0 Å². The summed E-state index contributed by atoms with van der Waals surface area (Å²) in [7, 11) is 0. The SMILES string of the molecule is NNc1cnccc1C(=O)NCCc1cc(F)cc(F)c1. The minimum atomic E-state index is -0.639. The van der Waals surface area contributed by atoms with Gasteiger partial charge in [-0.3, -0.25) is 15.6 Å². The molecule has 21 heavy (non-hydrogen) atoms. The average molecular weight is 292 g/mol. The van der Waals surface area contributed by atoms with Crippen LogP contribution in [-0.2, 0) is 6.42 Å². The van der Waals surface area contributed by atoms with Crippen molar-refractivity contribution in [2.45, 2.75) is 6.42 Å². The van der Waals surface area contributed by atoms with Crippen LogP contribution < -0.4 is 16.6 Å². The van der Waals surface area contributed by atoms with E-state index in [0.717, 1.165) is 6.07 Å². The highest BCUT2D eigenvalue weighted by Crippen LogP contribution is 2.12. The molecule has 4 N–H and O–H groups in total. The number of pyridine rings is 1. The molecule has 2 rings (SSSR count). The maximum Gasteiger partial charge on any atom is 0.253 e. The lowest BCUT2D eigenvalue weighted by atomic mass is 10.1. The van der Waals surface area contributed by atoms with Gasteiger partial charge in [-0.1, -0.05) is 0 Å². The van der Waals surface area contributed by atoms with Crippen LogP contribution in [0.15, 0.2) is 36.7 Å². The van der Waals surface area contributed by atoms with E-state index in [1.54, 1.807) is 0 Å². The Kier molecular flexibility index (Phi) is 4.78. The topological polar surface area (TPSA) is 80.0 Å². The fourth-order valence-corrected chi connectivity index (χ4v) is 1.88. The van der Waals surface area contributed by atoms with Crippen LogP contribution in [0.3, 0.4) is 0 Å². The molecule has 0 bridgehead atoms. The van der Waals surface area contributed by atoms with Gasteiger partial charge >= 0.3 is 0 Å². The van der Waals surface area contributed by atoms with Gasteiger partial charge < -0.3 is 10.7 Å². The van der Waals surface area contributed by atoms with Crippen LogP contribution in [0.4, 0.5) is 14.5 Å². The van der Waals surface area contributed by atoms with Crippen molar-refractivity contribution < 1.29 is 13.6 Å². The molecule has 0 atom stereocenters. The van der Waals surface area contributed by atoms with E-state index in [1.165, 1.54) is 30.6 Å². The van der Waals surface area contributed by atoms with Gasteiger partial charge in [-0.15, -0.1) is 0 Å². The van der Waals surface area contributed by atoms with E-state index in [9.17, 15) is 13.6 Å². The Morgan fingerprint density at radius 2 is 1.95 bits per heavy atom. The van der Waals surface area contributed by atoms with E-state index >= 15 is 0 Å². The molecular formula is C14H14F2N4O. The van der Waals surface area contributed by atoms with Gasteiger partial charge in [0, 0.05) is 18.8 Å². The van der Waals surface area contributed by atoms with E-state index < -0.39 is 11.6 Å². The lowest BCUT2D eigenvalue weighted by molar-refractivity contribution is 0.0955. The van der Waals surface area contributed by atoms with Crippen molar-refractivity contribution in [3.8, 4) is 0 Å². The van der Waals surface area contributed by atoms with Gasteiger partial charge in [0.1, 0.15) is 11.6 Å². The third-order valence-corrected chi connectivity index (χ3v) is 2.84. The van der Waals surface area contributed by atoms with E-state index in [-0.39, 0.29) is 12.5 Å². The molecule has 1 aromatic heterocycles. The van der Waals surface area contributed by atoms with Gasteiger partial charge in [-0.05, 0) is 30.2 Å². The monoisotopic (exact) mass is 292 g/mol. The van der Waals surface area contributed by atoms with Crippen molar-refractivity contribution >= 4 is 11.6 Å². The smallest absolute Gasteiger partial charge is 0.253 e. The van der Waals surface area contributed by atoms with Crippen molar-refractivity contribution in [3.63, 3.8) is 0 Å². The molecule has 5 nitrogen and oxygen atoms in total. The van der Waals surface area contributed by atoms with Crippen LogP contribution in [0, 0.1) is 11.6 Å². The standard InChI is InChI=1S/C14H14F2N4O/c15-10-5-9(6-11(16)7-10)1-4-19-14(21)12-2-3-18-8-13(12)20-17/h2-3,5-8,20H,1,4,17H2,(H,19,21). The Hall–Kier alpha value is -2.54. The summed E-state index contributed by atoms with van der Waals surface area (Å²) < 4.78 is 26.0. The number of nitrogens with two attached hydrogens (primary N) is 1. The maximum atomic E-state index is 13.0. The Morgan fingerprint density at radius 3 is 2.62 bits per heavy atom. The highest BCUT2D eigenvalue weighted by atomic mass is 19.1. The van der Waals surface area contributed by atoms with Crippen LogP contribution in [0.1, 0.15) is 15.9 Å². The van der Waals surface area contributed by atoms with E-state index in [4.69, 9.17) is 5.84 Å². The summed E-state index contributed by atoms with van der Waals surface area (Å²) in [5.74, 6) is 3.67. The number of amides is 1. The molecule has 0 aliphatic carbocycles.